The Morgan fingerprint density at radius 2 is 1.97 bits per heavy atom. The van der Waals surface area contributed by atoms with E-state index in [4.69, 9.17) is 0 Å². The number of aromatic nitrogens is 4. The van der Waals surface area contributed by atoms with E-state index in [2.05, 4.69) is 25.6 Å². The fourth-order valence-electron chi connectivity index (χ4n) is 3.95. The molecule has 1 fully saturated rings. The third-order valence-corrected chi connectivity index (χ3v) is 5.53. The van der Waals surface area contributed by atoms with Crippen LogP contribution in [0.4, 0.5) is 11.4 Å². The van der Waals surface area contributed by atoms with E-state index < -0.39 is 6.04 Å². The number of fused-ring (bicyclic) bond motifs is 1. The lowest BCUT2D eigenvalue weighted by atomic mass is 10.2. The Labute approximate surface area is 185 Å². The van der Waals surface area contributed by atoms with Gasteiger partial charge in [0.1, 0.15) is 18.3 Å². The zero-order chi connectivity index (χ0) is 22.7. The molecule has 0 spiro atoms. The molecule has 1 saturated heterocycles. The van der Waals surface area contributed by atoms with E-state index in [-0.39, 0.29) is 30.3 Å². The number of nitrogens with one attached hydrogen (secondary N) is 2. The van der Waals surface area contributed by atoms with Crippen molar-refractivity contribution in [3.05, 3.63) is 47.1 Å². The minimum Gasteiger partial charge on any atom is -0.371 e. The average molecular weight is 438 g/mol. The Morgan fingerprint density at radius 1 is 1.19 bits per heavy atom. The molecule has 2 aromatic heterocycles. The minimum atomic E-state index is -0.393. The Bertz CT molecular complexity index is 1190. The molecule has 0 aliphatic carbocycles. The molecule has 10 nitrogen and oxygen atoms in total. The number of amides is 2. The monoisotopic (exact) mass is 437 g/mol. The van der Waals surface area contributed by atoms with Crippen LogP contribution in [0.25, 0.3) is 11.0 Å². The summed E-state index contributed by atoms with van der Waals surface area (Å²) in [4.78, 5) is 43.8. The van der Waals surface area contributed by atoms with E-state index in [1.54, 1.807) is 14.0 Å². The van der Waals surface area contributed by atoms with Crippen molar-refractivity contribution in [1.82, 2.24) is 24.6 Å². The molecule has 1 atom stereocenters. The smallest absolute Gasteiger partial charge is 0.264 e. The molecule has 168 valence electrons. The number of carbonyl (C=O) groups is 2. The minimum absolute atomic E-state index is 0.120. The second-order valence-electron chi connectivity index (χ2n) is 8.15. The Morgan fingerprint density at radius 3 is 2.75 bits per heavy atom. The standard InChI is InChI=1S/C22H27N7O3/c1-15(10-19(30)26-16-6-5-7-17(11-16)28-8-3-4-9-28)25-20(31)13-29-14-23-21-18(22(29)32)12-24-27(21)2/h5-7,11-12,14-15H,3-4,8-10,13H2,1-2H3,(H,25,31)(H,26,30). The molecule has 4 rings (SSSR count). The fraction of sp³-hybridized carbons (Fsp3) is 0.409. The van der Waals surface area contributed by atoms with Crippen LogP contribution in [-0.4, -0.2) is 50.3 Å². The van der Waals surface area contributed by atoms with E-state index in [0.29, 0.717) is 11.0 Å². The van der Waals surface area contributed by atoms with Crippen molar-refractivity contribution in [2.24, 2.45) is 7.05 Å². The highest BCUT2D eigenvalue weighted by molar-refractivity contribution is 5.92. The van der Waals surface area contributed by atoms with Crippen LogP contribution in [0.5, 0.6) is 0 Å². The third-order valence-electron chi connectivity index (χ3n) is 5.53. The largest absolute Gasteiger partial charge is 0.371 e. The second kappa shape index (κ2) is 9.21. The van der Waals surface area contributed by atoms with Crippen LogP contribution in [0.2, 0.25) is 0 Å². The van der Waals surface area contributed by atoms with Crippen molar-refractivity contribution >= 4 is 34.2 Å². The lowest BCUT2D eigenvalue weighted by molar-refractivity contribution is -0.122. The van der Waals surface area contributed by atoms with Gasteiger partial charge in [0, 0.05) is 44.0 Å². The van der Waals surface area contributed by atoms with Gasteiger partial charge in [-0.15, -0.1) is 0 Å². The van der Waals surface area contributed by atoms with Gasteiger partial charge >= 0.3 is 0 Å². The lowest BCUT2D eigenvalue weighted by Gasteiger charge is -2.19. The molecular weight excluding hydrogens is 410 g/mol. The van der Waals surface area contributed by atoms with Gasteiger partial charge in [-0.3, -0.25) is 23.6 Å². The third kappa shape index (κ3) is 4.79. The van der Waals surface area contributed by atoms with Gasteiger partial charge < -0.3 is 15.5 Å². The van der Waals surface area contributed by atoms with Gasteiger partial charge in [0.25, 0.3) is 5.56 Å². The van der Waals surface area contributed by atoms with E-state index in [1.807, 2.05) is 24.3 Å². The normalized spacial score (nSPS) is 14.5. The van der Waals surface area contributed by atoms with Crippen molar-refractivity contribution in [3.8, 4) is 0 Å². The van der Waals surface area contributed by atoms with Gasteiger partial charge in [0.15, 0.2) is 5.65 Å². The van der Waals surface area contributed by atoms with Gasteiger partial charge in [-0.2, -0.15) is 5.10 Å². The molecule has 32 heavy (non-hydrogen) atoms. The topological polar surface area (TPSA) is 114 Å². The molecule has 0 radical (unpaired) electrons. The van der Waals surface area contributed by atoms with Crippen LogP contribution in [0.15, 0.2) is 41.6 Å². The van der Waals surface area contributed by atoms with Crippen LogP contribution in [0, 0.1) is 0 Å². The number of anilines is 2. The zero-order valence-corrected chi connectivity index (χ0v) is 18.2. The predicted molar refractivity (Wildman–Crippen MR) is 122 cm³/mol. The van der Waals surface area contributed by atoms with Gasteiger partial charge in [-0.25, -0.2) is 4.98 Å². The van der Waals surface area contributed by atoms with Crippen LogP contribution >= 0.6 is 0 Å². The number of benzene rings is 1. The molecule has 0 bridgehead atoms. The van der Waals surface area contributed by atoms with Crippen molar-refractivity contribution in [1.29, 1.82) is 0 Å². The van der Waals surface area contributed by atoms with E-state index >= 15 is 0 Å². The number of rotatable bonds is 7. The molecule has 10 heteroatoms. The van der Waals surface area contributed by atoms with Crippen molar-refractivity contribution in [3.63, 3.8) is 0 Å². The summed E-state index contributed by atoms with van der Waals surface area (Å²) in [6, 6.07) is 7.41. The Kier molecular flexibility index (Phi) is 6.20. The number of hydrogen-bond acceptors (Lipinski definition) is 6. The molecule has 3 heterocycles. The first-order chi connectivity index (χ1) is 15.4. The van der Waals surface area contributed by atoms with Crippen molar-refractivity contribution < 1.29 is 9.59 Å². The maximum Gasteiger partial charge on any atom is 0.264 e. The summed E-state index contributed by atoms with van der Waals surface area (Å²) < 4.78 is 2.73. The van der Waals surface area contributed by atoms with Gasteiger partial charge in [-0.1, -0.05) is 6.07 Å². The van der Waals surface area contributed by atoms with Gasteiger partial charge in [0.2, 0.25) is 11.8 Å². The summed E-state index contributed by atoms with van der Waals surface area (Å²) >= 11 is 0. The molecule has 1 aromatic carbocycles. The average Bonchev–Trinajstić information content (AvgIpc) is 3.41. The highest BCUT2D eigenvalue weighted by atomic mass is 16.2. The first-order valence-corrected chi connectivity index (χ1v) is 10.7. The van der Waals surface area contributed by atoms with Crippen molar-refractivity contribution in [2.45, 2.75) is 38.8 Å². The second-order valence-corrected chi connectivity index (χ2v) is 8.15. The van der Waals surface area contributed by atoms with Crippen LogP contribution in [0.3, 0.4) is 0 Å². The molecule has 0 saturated carbocycles. The Hall–Kier alpha value is -3.69. The molecule has 2 N–H and O–H groups in total. The first kappa shape index (κ1) is 21.5. The van der Waals surface area contributed by atoms with E-state index in [1.165, 1.54) is 34.6 Å². The van der Waals surface area contributed by atoms with E-state index in [0.717, 1.165) is 24.5 Å². The molecule has 3 aromatic rings. The SMILES string of the molecule is CC(CC(=O)Nc1cccc(N2CCCC2)c1)NC(=O)Cn1cnc2c(cnn2C)c1=O. The van der Waals surface area contributed by atoms with Gasteiger partial charge in [0.05, 0.1) is 6.20 Å². The molecule has 1 aliphatic heterocycles. The summed E-state index contributed by atoms with van der Waals surface area (Å²) in [5.41, 5.74) is 1.97. The summed E-state index contributed by atoms with van der Waals surface area (Å²) in [6.07, 6.45) is 5.26. The maximum absolute atomic E-state index is 12.5. The number of hydrogen-bond donors (Lipinski definition) is 2. The lowest BCUT2D eigenvalue weighted by Crippen LogP contribution is -2.39. The summed E-state index contributed by atoms with van der Waals surface area (Å²) in [6.45, 7) is 3.64. The maximum atomic E-state index is 12.5. The first-order valence-electron chi connectivity index (χ1n) is 10.7. The number of aryl methyl sites for hydroxylation is 1. The summed E-state index contributed by atoms with van der Waals surface area (Å²) in [7, 11) is 1.70. The molecule has 1 aliphatic rings. The van der Waals surface area contributed by atoms with Crippen LogP contribution < -0.4 is 21.1 Å². The Balaban J connectivity index is 1.30. The molecule has 2 amide bonds. The van der Waals surface area contributed by atoms with Crippen LogP contribution in [-0.2, 0) is 23.2 Å². The van der Waals surface area contributed by atoms with Crippen molar-refractivity contribution in [2.75, 3.05) is 23.3 Å². The van der Waals surface area contributed by atoms with Crippen LogP contribution in [0.1, 0.15) is 26.2 Å². The van der Waals surface area contributed by atoms with E-state index in [9.17, 15) is 14.4 Å². The zero-order valence-electron chi connectivity index (χ0n) is 18.2. The highest BCUT2D eigenvalue weighted by Gasteiger charge is 2.16. The quantitative estimate of drug-likeness (QED) is 0.575. The molecule has 1 unspecified atom stereocenters. The van der Waals surface area contributed by atoms with Gasteiger partial charge in [-0.05, 0) is 38.0 Å². The number of carbonyl (C=O) groups excluding carboxylic acids is 2. The molecular formula is C22H27N7O3. The fourth-order valence-corrected chi connectivity index (χ4v) is 3.95. The summed E-state index contributed by atoms with van der Waals surface area (Å²) in [5, 5.41) is 10.0. The summed E-state index contributed by atoms with van der Waals surface area (Å²) in [5.74, 6) is -0.555. The highest BCUT2D eigenvalue weighted by Crippen LogP contribution is 2.23. The number of nitrogens with zero attached hydrogens (tertiary/aromatic N) is 5. The predicted octanol–water partition coefficient (Wildman–Crippen LogP) is 1.26.